The summed E-state index contributed by atoms with van der Waals surface area (Å²) < 4.78 is 40.0. The van der Waals surface area contributed by atoms with Crippen LogP contribution in [-0.4, -0.2) is 50.5 Å². The predicted octanol–water partition coefficient (Wildman–Crippen LogP) is 5.26. The van der Waals surface area contributed by atoms with Crippen molar-refractivity contribution in [1.82, 2.24) is 10.2 Å². The first-order valence-electron chi connectivity index (χ1n) is 12.1. The van der Waals surface area contributed by atoms with Gasteiger partial charge in [-0.2, -0.15) is 0 Å². The monoisotopic (exact) mass is 573 g/mol. The van der Waals surface area contributed by atoms with Crippen molar-refractivity contribution < 1.29 is 22.4 Å². The largest absolute Gasteiger partial charge is 0.354 e. The second-order valence-corrected chi connectivity index (χ2v) is 12.0. The van der Waals surface area contributed by atoms with E-state index in [0.717, 1.165) is 10.6 Å². The fourth-order valence-electron chi connectivity index (χ4n) is 3.81. The number of carbonyl (C=O) groups is 2. The number of anilines is 1. The lowest BCUT2D eigenvalue weighted by Gasteiger charge is -2.31. The molecule has 1 N–H and O–H groups in total. The van der Waals surface area contributed by atoms with Crippen molar-refractivity contribution in [2.75, 3.05) is 23.7 Å². The average Bonchev–Trinajstić information content (AvgIpc) is 2.81. The molecule has 1 atom stereocenters. The van der Waals surface area contributed by atoms with E-state index >= 15 is 0 Å². The van der Waals surface area contributed by atoms with E-state index in [1.807, 2.05) is 20.8 Å². The van der Waals surface area contributed by atoms with Crippen LogP contribution in [-0.2, 0) is 26.2 Å². The summed E-state index contributed by atoms with van der Waals surface area (Å²) in [6.07, 6.45) is 1.42. The minimum absolute atomic E-state index is 0.0559. The van der Waals surface area contributed by atoms with Crippen LogP contribution >= 0.6 is 23.2 Å². The van der Waals surface area contributed by atoms with Gasteiger partial charge in [-0.3, -0.25) is 13.9 Å². The molecular weight excluding hydrogens is 540 g/mol. The van der Waals surface area contributed by atoms with Gasteiger partial charge >= 0.3 is 0 Å². The van der Waals surface area contributed by atoms with Crippen molar-refractivity contribution in [3.8, 4) is 0 Å². The molecule has 0 aromatic heterocycles. The molecule has 2 amide bonds. The molecular formula is C26H34Cl2FN3O4S. The van der Waals surface area contributed by atoms with E-state index in [0.29, 0.717) is 28.6 Å². The summed E-state index contributed by atoms with van der Waals surface area (Å²) in [7, 11) is -3.79. The number of hydrogen-bond donors (Lipinski definition) is 1. The van der Waals surface area contributed by atoms with Crippen LogP contribution in [0.15, 0.2) is 42.5 Å². The van der Waals surface area contributed by atoms with Crippen molar-refractivity contribution in [2.24, 2.45) is 5.92 Å². The Balaban J connectivity index is 2.26. The Kier molecular flexibility index (Phi) is 11.7. The van der Waals surface area contributed by atoms with Gasteiger partial charge < -0.3 is 10.2 Å². The lowest BCUT2D eigenvalue weighted by atomic mass is 10.1. The van der Waals surface area contributed by atoms with Crippen molar-refractivity contribution in [1.29, 1.82) is 0 Å². The first-order chi connectivity index (χ1) is 17.3. The van der Waals surface area contributed by atoms with Gasteiger partial charge in [0.05, 0.1) is 11.9 Å². The van der Waals surface area contributed by atoms with Gasteiger partial charge in [-0.05, 0) is 48.6 Å². The third-order valence-electron chi connectivity index (χ3n) is 5.70. The van der Waals surface area contributed by atoms with Gasteiger partial charge in [-0.25, -0.2) is 12.8 Å². The Morgan fingerprint density at radius 3 is 2.35 bits per heavy atom. The van der Waals surface area contributed by atoms with Gasteiger partial charge in [0.15, 0.2) is 0 Å². The third-order valence-corrected chi connectivity index (χ3v) is 7.47. The van der Waals surface area contributed by atoms with Gasteiger partial charge in [-0.15, -0.1) is 0 Å². The van der Waals surface area contributed by atoms with E-state index in [9.17, 15) is 22.4 Å². The highest BCUT2D eigenvalue weighted by Crippen LogP contribution is 2.25. The number of para-hydroxylation sites is 1. The topological polar surface area (TPSA) is 86.8 Å². The highest BCUT2D eigenvalue weighted by Gasteiger charge is 2.29. The molecule has 0 radical (unpaired) electrons. The zero-order chi connectivity index (χ0) is 27.8. The number of rotatable bonds is 13. The summed E-state index contributed by atoms with van der Waals surface area (Å²) in [5.74, 6) is -1.07. The number of amides is 2. The van der Waals surface area contributed by atoms with Crippen molar-refractivity contribution in [3.05, 3.63) is 63.9 Å². The Morgan fingerprint density at radius 1 is 1.11 bits per heavy atom. The molecule has 0 heterocycles. The Hall–Kier alpha value is -2.36. The quantitative estimate of drug-likeness (QED) is 0.354. The maximum absolute atomic E-state index is 14.3. The number of halogens is 3. The van der Waals surface area contributed by atoms with Gasteiger partial charge in [0.1, 0.15) is 11.9 Å². The molecule has 0 saturated heterocycles. The predicted molar refractivity (Wildman–Crippen MR) is 147 cm³/mol. The minimum Gasteiger partial charge on any atom is -0.354 e. The highest BCUT2D eigenvalue weighted by atomic mass is 35.5. The smallest absolute Gasteiger partial charge is 0.242 e. The van der Waals surface area contributed by atoms with Crippen LogP contribution in [0.4, 0.5) is 10.1 Å². The fraction of sp³-hybridized carbons (Fsp3) is 0.462. The summed E-state index contributed by atoms with van der Waals surface area (Å²) in [5, 5.41) is 3.70. The summed E-state index contributed by atoms with van der Waals surface area (Å²) in [4.78, 5) is 27.9. The van der Waals surface area contributed by atoms with Crippen LogP contribution in [0.2, 0.25) is 10.0 Å². The number of sulfonamides is 1. The van der Waals surface area contributed by atoms with Crippen LogP contribution in [0.5, 0.6) is 0 Å². The molecule has 0 aliphatic rings. The summed E-state index contributed by atoms with van der Waals surface area (Å²) in [5.41, 5.74) is 0.542. The first kappa shape index (κ1) is 30.9. The Labute approximate surface area is 229 Å². The molecule has 0 bridgehead atoms. The number of nitrogens with zero attached hydrogens (tertiary/aromatic N) is 2. The number of hydrogen-bond acceptors (Lipinski definition) is 4. The maximum Gasteiger partial charge on any atom is 0.242 e. The first-order valence-corrected chi connectivity index (χ1v) is 14.7. The van der Waals surface area contributed by atoms with Crippen LogP contribution in [0, 0.1) is 11.7 Å². The lowest BCUT2D eigenvalue weighted by molar-refractivity contribution is -0.141. The fourth-order valence-corrected chi connectivity index (χ4v) is 5.25. The van der Waals surface area contributed by atoms with Gasteiger partial charge in [0, 0.05) is 36.1 Å². The Bertz CT molecular complexity index is 1190. The van der Waals surface area contributed by atoms with Crippen molar-refractivity contribution >= 4 is 50.7 Å². The lowest BCUT2D eigenvalue weighted by Crippen LogP contribution is -2.49. The molecule has 0 fully saturated rings. The van der Waals surface area contributed by atoms with E-state index in [4.69, 9.17) is 23.2 Å². The molecule has 7 nitrogen and oxygen atoms in total. The Morgan fingerprint density at radius 2 is 1.78 bits per heavy atom. The van der Waals surface area contributed by atoms with Crippen LogP contribution in [0.25, 0.3) is 0 Å². The van der Waals surface area contributed by atoms with Gasteiger partial charge in [-0.1, -0.05) is 62.2 Å². The number of nitrogens with one attached hydrogen (secondary N) is 1. The molecule has 0 saturated carbocycles. The zero-order valence-electron chi connectivity index (χ0n) is 21.5. The summed E-state index contributed by atoms with van der Waals surface area (Å²) in [6.45, 7) is 6.20. The van der Waals surface area contributed by atoms with E-state index < -0.39 is 21.9 Å². The van der Waals surface area contributed by atoms with E-state index in [-0.39, 0.29) is 49.4 Å². The van der Waals surface area contributed by atoms with Gasteiger partial charge in [0.25, 0.3) is 0 Å². The maximum atomic E-state index is 14.3. The van der Waals surface area contributed by atoms with E-state index in [1.165, 1.54) is 23.1 Å². The van der Waals surface area contributed by atoms with Crippen LogP contribution in [0.1, 0.15) is 45.6 Å². The molecule has 37 heavy (non-hydrogen) atoms. The molecule has 204 valence electrons. The molecule has 11 heteroatoms. The molecule has 0 aliphatic heterocycles. The molecule has 0 unspecified atom stereocenters. The van der Waals surface area contributed by atoms with E-state index in [1.54, 1.807) is 24.3 Å². The van der Waals surface area contributed by atoms with Crippen LogP contribution in [0.3, 0.4) is 0 Å². The third kappa shape index (κ3) is 9.16. The minimum atomic E-state index is -3.79. The normalized spacial score (nSPS) is 12.3. The molecule has 2 aromatic rings. The molecule has 0 spiro atoms. The molecule has 0 aliphatic carbocycles. The second kappa shape index (κ2) is 14.0. The van der Waals surface area contributed by atoms with Crippen molar-refractivity contribution in [2.45, 2.75) is 52.6 Å². The van der Waals surface area contributed by atoms with Crippen LogP contribution < -0.4 is 9.62 Å². The van der Waals surface area contributed by atoms with E-state index in [2.05, 4.69) is 5.32 Å². The average molecular weight is 575 g/mol. The summed E-state index contributed by atoms with van der Waals surface area (Å²) >= 11 is 12.4. The molecule has 2 aromatic carbocycles. The highest BCUT2D eigenvalue weighted by molar-refractivity contribution is 7.92. The number of carbonyl (C=O) groups excluding carboxylic acids is 2. The SMILES string of the molecule is CC[C@H](C(=O)NCC(C)C)N(Cc1ccc(Cl)cc1Cl)C(=O)CCCN(c1ccccc1F)S(C)(=O)=O. The zero-order valence-corrected chi connectivity index (χ0v) is 23.8. The second-order valence-electron chi connectivity index (χ2n) is 9.21. The van der Waals surface area contributed by atoms with Gasteiger partial charge in [0.2, 0.25) is 21.8 Å². The number of benzene rings is 2. The molecule has 2 rings (SSSR count). The summed E-state index contributed by atoms with van der Waals surface area (Å²) in [6, 6.07) is 9.74. The standard InChI is InChI=1S/C26H34Cl2FN3O4S/c1-5-23(26(34)30-16-18(2)3)31(17-19-12-13-20(27)15-21(19)28)25(33)11-8-14-32(37(4,35)36)24-10-7-6-9-22(24)29/h6-7,9-10,12-13,15,18,23H,5,8,11,14,16-17H2,1-4H3,(H,30,34)/t23-/m1/s1. The van der Waals surface area contributed by atoms with Crippen molar-refractivity contribution in [3.63, 3.8) is 0 Å².